The normalized spacial score (nSPS) is 13.9. The van der Waals surface area contributed by atoms with Crippen LogP contribution in [0.15, 0.2) is 12.1 Å². The van der Waals surface area contributed by atoms with Gasteiger partial charge in [-0.05, 0) is 18.1 Å². The Kier molecular flexibility index (Phi) is 7.06. The highest BCUT2D eigenvalue weighted by Crippen LogP contribution is 2.28. The Hall–Kier alpha value is -1.13. The maximum absolute atomic E-state index is 14.1. The maximum Gasteiger partial charge on any atom is 0.307 e. The summed E-state index contributed by atoms with van der Waals surface area (Å²) in [5.74, 6) is -3.48. The fourth-order valence-corrected chi connectivity index (χ4v) is 14.2. The summed E-state index contributed by atoms with van der Waals surface area (Å²) in [5.41, 5.74) is 0.0781. The van der Waals surface area contributed by atoms with Crippen molar-refractivity contribution in [2.45, 2.75) is 58.2 Å². The molecule has 0 saturated carbocycles. The molecule has 8 heteroatoms. The van der Waals surface area contributed by atoms with E-state index in [1.807, 2.05) is 0 Å². The second-order valence-electron chi connectivity index (χ2n) is 8.21. The number of carbonyl (C=O) groups is 1. The number of benzene rings is 1. The Bertz CT molecular complexity index is 614. The lowest BCUT2D eigenvalue weighted by Crippen LogP contribution is -2.64. The van der Waals surface area contributed by atoms with Gasteiger partial charge in [0.2, 0.25) is 0 Å². The van der Waals surface area contributed by atoms with Crippen molar-refractivity contribution in [3.8, 4) is 0 Å². The fraction of sp³-hybridized carbons (Fsp3) is 0.588. The van der Waals surface area contributed by atoms with Crippen LogP contribution in [-0.4, -0.2) is 39.8 Å². The molecule has 0 spiro atoms. The van der Waals surface area contributed by atoms with Crippen molar-refractivity contribution in [3.05, 3.63) is 35.1 Å². The summed E-state index contributed by atoms with van der Waals surface area (Å²) >= 11 is 0. The standard InChI is InChI=1S/C17H28F3NO2Si2/c1-23-17(22)10-13(21(24(2,3)4)25(5,6)7)8-12-9-15(19)16(20)11-14(12)18/h9,11,13H,8,10H2,1-7H3/t13-/m1/s1. The molecule has 1 rings (SSSR count). The molecule has 0 radical (unpaired) electrons. The molecule has 0 amide bonds. The highest BCUT2D eigenvalue weighted by atomic mass is 28.4. The molecule has 0 aliphatic heterocycles. The van der Waals surface area contributed by atoms with E-state index < -0.39 is 39.9 Å². The predicted octanol–water partition coefficient (Wildman–Crippen LogP) is 4.55. The third kappa shape index (κ3) is 5.97. The summed E-state index contributed by atoms with van der Waals surface area (Å²) in [7, 11) is -2.42. The number of methoxy groups -OCH3 is 1. The first kappa shape index (κ1) is 21.9. The number of hydrogen-bond donors (Lipinski definition) is 0. The van der Waals surface area contributed by atoms with Crippen molar-refractivity contribution >= 4 is 22.4 Å². The molecule has 0 fully saturated rings. The summed E-state index contributed by atoms with van der Waals surface area (Å²) in [5, 5.41) is 0. The van der Waals surface area contributed by atoms with Crippen molar-refractivity contribution in [1.82, 2.24) is 4.23 Å². The summed E-state index contributed by atoms with van der Waals surface area (Å²) in [6.07, 6.45) is 0.218. The van der Waals surface area contributed by atoms with Gasteiger partial charge in [0.15, 0.2) is 11.6 Å². The van der Waals surface area contributed by atoms with Gasteiger partial charge in [0, 0.05) is 12.1 Å². The SMILES string of the molecule is COC(=O)C[C@@H](Cc1cc(F)c(F)cc1F)N([Si](C)(C)C)[Si](C)(C)C. The number of ether oxygens (including phenoxy) is 1. The van der Waals surface area contributed by atoms with E-state index in [0.717, 1.165) is 6.07 Å². The third-order valence-electron chi connectivity index (χ3n) is 3.99. The zero-order valence-corrected chi connectivity index (χ0v) is 18.0. The van der Waals surface area contributed by atoms with E-state index in [2.05, 4.69) is 43.5 Å². The molecule has 1 atom stereocenters. The molecular formula is C17H28F3NO2Si2. The van der Waals surface area contributed by atoms with Crippen molar-refractivity contribution in [1.29, 1.82) is 0 Å². The molecule has 1 aromatic carbocycles. The Morgan fingerprint density at radius 1 is 1.00 bits per heavy atom. The molecule has 0 N–H and O–H groups in total. The number of carbonyl (C=O) groups excluding carboxylic acids is 1. The van der Waals surface area contributed by atoms with Gasteiger partial charge in [0.05, 0.1) is 13.5 Å². The van der Waals surface area contributed by atoms with Gasteiger partial charge < -0.3 is 8.97 Å². The van der Waals surface area contributed by atoms with E-state index in [1.54, 1.807) is 0 Å². The minimum Gasteiger partial charge on any atom is -0.469 e. The highest BCUT2D eigenvalue weighted by molar-refractivity contribution is 6.89. The number of esters is 1. The Labute approximate surface area is 150 Å². The van der Waals surface area contributed by atoms with Gasteiger partial charge in [-0.15, -0.1) is 0 Å². The molecule has 0 aromatic heterocycles. The highest BCUT2D eigenvalue weighted by Gasteiger charge is 2.40. The molecule has 25 heavy (non-hydrogen) atoms. The molecule has 1 aromatic rings. The first-order valence-corrected chi connectivity index (χ1v) is 15.2. The van der Waals surface area contributed by atoms with Crippen LogP contribution in [0.3, 0.4) is 0 Å². The second-order valence-corrected chi connectivity index (χ2v) is 18.3. The Balaban J connectivity index is 3.33. The molecule has 0 aliphatic carbocycles. The van der Waals surface area contributed by atoms with Crippen LogP contribution in [0.25, 0.3) is 0 Å². The monoisotopic (exact) mass is 391 g/mol. The van der Waals surface area contributed by atoms with Crippen molar-refractivity contribution in [2.24, 2.45) is 0 Å². The van der Waals surface area contributed by atoms with E-state index in [0.29, 0.717) is 6.07 Å². The lowest BCUT2D eigenvalue weighted by molar-refractivity contribution is -0.141. The molecule has 0 aliphatic rings. The average molecular weight is 392 g/mol. The van der Waals surface area contributed by atoms with Crippen LogP contribution in [0.4, 0.5) is 13.2 Å². The van der Waals surface area contributed by atoms with Crippen LogP contribution in [-0.2, 0) is 16.0 Å². The Morgan fingerprint density at radius 2 is 1.48 bits per heavy atom. The van der Waals surface area contributed by atoms with Crippen LogP contribution in [0.1, 0.15) is 12.0 Å². The third-order valence-corrected chi connectivity index (χ3v) is 11.6. The quantitative estimate of drug-likeness (QED) is 0.388. The van der Waals surface area contributed by atoms with Crippen molar-refractivity contribution in [2.75, 3.05) is 7.11 Å². The van der Waals surface area contributed by atoms with Crippen LogP contribution < -0.4 is 0 Å². The van der Waals surface area contributed by atoms with E-state index in [4.69, 9.17) is 4.74 Å². The van der Waals surface area contributed by atoms with Crippen LogP contribution in [0, 0.1) is 17.5 Å². The number of nitrogens with zero attached hydrogens (tertiary/aromatic N) is 1. The van der Waals surface area contributed by atoms with Crippen LogP contribution >= 0.6 is 0 Å². The summed E-state index contributed by atoms with van der Waals surface area (Å²) in [6, 6.07) is 1.14. The summed E-state index contributed by atoms with van der Waals surface area (Å²) < 4.78 is 48.1. The van der Waals surface area contributed by atoms with Gasteiger partial charge in [0.1, 0.15) is 22.3 Å². The molecular weight excluding hydrogens is 363 g/mol. The van der Waals surface area contributed by atoms with Gasteiger partial charge in [-0.3, -0.25) is 4.79 Å². The number of halogens is 3. The van der Waals surface area contributed by atoms with Gasteiger partial charge >= 0.3 is 5.97 Å². The van der Waals surface area contributed by atoms with Crippen LogP contribution in [0.2, 0.25) is 39.3 Å². The van der Waals surface area contributed by atoms with Crippen molar-refractivity contribution < 1.29 is 22.7 Å². The zero-order chi connectivity index (χ0) is 19.6. The van der Waals surface area contributed by atoms with Gasteiger partial charge in [-0.1, -0.05) is 39.3 Å². The summed E-state index contributed by atoms with van der Waals surface area (Å²) in [6.45, 7) is 13.0. The zero-order valence-electron chi connectivity index (χ0n) is 16.0. The van der Waals surface area contributed by atoms with E-state index in [9.17, 15) is 18.0 Å². The van der Waals surface area contributed by atoms with Crippen molar-refractivity contribution in [3.63, 3.8) is 0 Å². The Morgan fingerprint density at radius 3 is 1.92 bits per heavy atom. The lowest BCUT2D eigenvalue weighted by Gasteiger charge is -2.48. The minimum atomic E-state index is -1.86. The maximum atomic E-state index is 14.1. The van der Waals surface area contributed by atoms with E-state index >= 15 is 0 Å². The first-order valence-electron chi connectivity index (χ1n) is 8.27. The lowest BCUT2D eigenvalue weighted by atomic mass is 10.0. The predicted molar refractivity (Wildman–Crippen MR) is 99.0 cm³/mol. The molecule has 0 bridgehead atoms. The smallest absolute Gasteiger partial charge is 0.307 e. The average Bonchev–Trinajstić information content (AvgIpc) is 2.41. The van der Waals surface area contributed by atoms with E-state index in [1.165, 1.54) is 7.11 Å². The fourth-order valence-electron chi connectivity index (χ4n) is 3.61. The largest absolute Gasteiger partial charge is 0.469 e. The van der Waals surface area contributed by atoms with Gasteiger partial charge in [0.25, 0.3) is 0 Å². The van der Waals surface area contributed by atoms with E-state index in [-0.39, 0.29) is 24.4 Å². The molecule has 142 valence electrons. The molecule has 3 nitrogen and oxygen atoms in total. The molecule has 0 saturated heterocycles. The number of rotatable bonds is 7. The summed E-state index contributed by atoms with van der Waals surface area (Å²) in [4.78, 5) is 11.9. The number of hydrogen-bond acceptors (Lipinski definition) is 3. The van der Waals surface area contributed by atoms with Gasteiger partial charge in [-0.25, -0.2) is 13.2 Å². The minimum absolute atomic E-state index is 0.0781. The topological polar surface area (TPSA) is 29.5 Å². The van der Waals surface area contributed by atoms with Crippen LogP contribution in [0.5, 0.6) is 0 Å². The van der Waals surface area contributed by atoms with Gasteiger partial charge in [-0.2, -0.15) is 0 Å². The molecule has 0 heterocycles. The first-order chi connectivity index (χ1) is 11.3. The molecule has 0 unspecified atom stereocenters. The second kappa shape index (κ2) is 8.05.